The van der Waals surface area contributed by atoms with Crippen LogP contribution in [0.25, 0.3) is 0 Å². The van der Waals surface area contributed by atoms with Crippen LogP contribution in [0.1, 0.15) is 18.4 Å². The molecule has 1 aromatic carbocycles. The van der Waals surface area contributed by atoms with E-state index < -0.39 is 0 Å². The number of hydrogen-bond acceptors (Lipinski definition) is 3. The molecule has 1 spiro atoms. The van der Waals surface area contributed by atoms with E-state index in [1.807, 2.05) is 30.3 Å². The maximum absolute atomic E-state index is 12.0. The Hall–Kier alpha value is -2.04. The number of ether oxygens (including phenoxy) is 1. The first-order valence-corrected chi connectivity index (χ1v) is 6.94. The standard InChI is InChI=1S/C15H18N2O3/c18-13-15(6-8-16-13)7-9-17(11-15)14(19)20-10-12-4-2-1-3-5-12/h1-5H,6-11H2,(H,16,18)/t15-/m1/s1. The number of rotatable bonds is 2. The maximum Gasteiger partial charge on any atom is 0.410 e. The van der Waals surface area contributed by atoms with Gasteiger partial charge in [0.15, 0.2) is 0 Å². The van der Waals surface area contributed by atoms with Crippen molar-refractivity contribution in [3.05, 3.63) is 35.9 Å². The smallest absolute Gasteiger partial charge is 0.410 e. The molecule has 2 heterocycles. The number of carbonyl (C=O) groups is 2. The fourth-order valence-electron chi connectivity index (χ4n) is 2.94. The largest absolute Gasteiger partial charge is 0.445 e. The highest BCUT2D eigenvalue weighted by Gasteiger charge is 2.48. The van der Waals surface area contributed by atoms with Gasteiger partial charge < -0.3 is 15.0 Å². The van der Waals surface area contributed by atoms with Crippen molar-refractivity contribution < 1.29 is 14.3 Å². The van der Waals surface area contributed by atoms with Crippen molar-refractivity contribution in [1.29, 1.82) is 0 Å². The Morgan fingerprint density at radius 2 is 2.10 bits per heavy atom. The van der Waals surface area contributed by atoms with Crippen LogP contribution in [0.3, 0.4) is 0 Å². The molecule has 0 aromatic heterocycles. The van der Waals surface area contributed by atoms with Gasteiger partial charge in [0.05, 0.1) is 5.41 Å². The number of hydrogen-bond donors (Lipinski definition) is 1. The highest BCUT2D eigenvalue weighted by Crippen LogP contribution is 2.37. The molecular weight excluding hydrogens is 256 g/mol. The van der Waals surface area contributed by atoms with E-state index in [4.69, 9.17) is 4.74 Å². The van der Waals surface area contributed by atoms with Gasteiger partial charge in [-0.25, -0.2) is 4.79 Å². The van der Waals surface area contributed by atoms with Crippen molar-refractivity contribution in [3.63, 3.8) is 0 Å². The summed E-state index contributed by atoms with van der Waals surface area (Å²) in [5.74, 6) is 0.0795. The van der Waals surface area contributed by atoms with E-state index in [2.05, 4.69) is 5.32 Å². The van der Waals surface area contributed by atoms with E-state index in [0.29, 0.717) is 19.6 Å². The van der Waals surface area contributed by atoms with Gasteiger partial charge in [-0.2, -0.15) is 0 Å². The Labute approximate surface area is 117 Å². The average Bonchev–Trinajstić information content (AvgIpc) is 3.06. The first kappa shape index (κ1) is 13.0. The van der Waals surface area contributed by atoms with E-state index in [1.54, 1.807) is 4.90 Å². The predicted molar refractivity (Wildman–Crippen MR) is 72.9 cm³/mol. The second kappa shape index (κ2) is 5.15. The summed E-state index contributed by atoms with van der Waals surface area (Å²) >= 11 is 0. The third-order valence-electron chi connectivity index (χ3n) is 4.19. The van der Waals surface area contributed by atoms with Gasteiger partial charge in [0.1, 0.15) is 6.61 Å². The van der Waals surface area contributed by atoms with Gasteiger partial charge in [0, 0.05) is 19.6 Å². The lowest BCUT2D eigenvalue weighted by molar-refractivity contribution is -0.126. The molecule has 5 nitrogen and oxygen atoms in total. The van der Waals surface area contributed by atoms with E-state index in [9.17, 15) is 9.59 Å². The lowest BCUT2D eigenvalue weighted by Gasteiger charge is -2.20. The molecule has 1 N–H and O–H groups in total. The third kappa shape index (κ3) is 2.35. The van der Waals surface area contributed by atoms with Gasteiger partial charge in [0.25, 0.3) is 0 Å². The molecule has 2 aliphatic heterocycles. The Morgan fingerprint density at radius 1 is 1.30 bits per heavy atom. The minimum absolute atomic E-state index is 0.0795. The molecular formula is C15H18N2O3. The fourth-order valence-corrected chi connectivity index (χ4v) is 2.94. The Kier molecular flexibility index (Phi) is 3.34. The van der Waals surface area contributed by atoms with Gasteiger partial charge in [0.2, 0.25) is 5.91 Å². The van der Waals surface area contributed by atoms with Crippen molar-refractivity contribution in [2.24, 2.45) is 5.41 Å². The number of nitrogens with one attached hydrogen (secondary N) is 1. The first-order valence-electron chi connectivity index (χ1n) is 6.94. The lowest BCUT2D eigenvalue weighted by Crippen LogP contribution is -2.36. The van der Waals surface area contributed by atoms with Crippen molar-refractivity contribution in [2.75, 3.05) is 19.6 Å². The molecule has 1 aromatic rings. The van der Waals surface area contributed by atoms with Crippen LogP contribution in [-0.2, 0) is 16.1 Å². The molecule has 0 bridgehead atoms. The summed E-state index contributed by atoms with van der Waals surface area (Å²) < 4.78 is 5.31. The van der Waals surface area contributed by atoms with Crippen LogP contribution >= 0.6 is 0 Å². The number of carbonyl (C=O) groups excluding carboxylic acids is 2. The molecule has 2 aliphatic rings. The monoisotopic (exact) mass is 274 g/mol. The quantitative estimate of drug-likeness (QED) is 0.890. The van der Waals surface area contributed by atoms with Gasteiger partial charge in [-0.1, -0.05) is 30.3 Å². The van der Waals surface area contributed by atoms with E-state index >= 15 is 0 Å². The van der Waals surface area contributed by atoms with E-state index in [-0.39, 0.29) is 24.0 Å². The van der Waals surface area contributed by atoms with Crippen molar-refractivity contribution in [3.8, 4) is 0 Å². The number of likely N-dealkylation sites (tertiary alicyclic amines) is 1. The molecule has 0 radical (unpaired) electrons. The molecule has 3 rings (SSSR count). The van der Waals surface area contributed by atoms with Crippen LogP contribution in [0, 0.1) is 5.41 Å². The molecule has 5 heteroatoms. The first-order chi connectivity index (χ1) is 9.70. The lowest BCUT2D eigenvalue weighted by atomic mass is 9.86. The topological polar surface area (TPSA) is 58.6 Å². The molecule has 1 atom stereocenters. The zero-order chi connectivity index (χ0) is 14.0. The zero-order valence-electron chi connectivity index (χ0n) is 11.3. The molecule has 106 valence electrons. The Bertz CT molecular complexity index is 517. The van der Waals surface area contributed by atoms with Crippen LogP contribution in [-0.4, -0.2) is 36.5 Å². The van der Waals surface area contributed by atoms with Crippen molar-refractivity contribution >= 4 is 12.0 Å². The summed E-state index contributed by atoms with van der Waals surface area (Å²) in [7, 11) is 0. The Balaban J connectivity index is 1.55. The van der Waals surface area contributed by atoms with Crippen LogP contribution < -0.4 is 5.32 Å². The normalized spacial score (nSPS) is 25.0. The number of nitrogens with zero attached hydrogens (tertiary/aromatic N) is 1. The van der Waals surface area contributed by atoms with Crippen molar-refractivity contribution in [2.45, 2.75) is 19.4 Å². The summed E-state index contributed by atoms with van der Waals surface area (Å²) in [5, 5.41) is 2.85. The molecule has 0 saturated carbocycles. The summed E-state index contributed by atoms with van der Waals surface area (Å²) in [6.45, 7) is 2.06. The second-order valence-corrected chi connectivity index (χ2v) is 5.50. The third-order valence-corrected chi connectivity index (χ3v) is 4.19. The molecule has 0 aliphatic carbocycles. The summed E-state index contributed by atoms with van der Waals surface area (Å²) in [6.07, 6.45) is 1.22. The summed E-state index contributed by atoms with van der Waals surface area (Å²) in [6, 6.07) is 9.59. The highest BCUT2D eigenvalue weighted by atomic mass is 16.6. The fraction of sp³-hybridized carbons (Fsp3) is 0.467. The van der Waals surface area contributed by atoms with E-state index in [0.717, 1.165) is 18.4 Å². The number of amides is 2. The van der Waals surface area contributed by atoms with E-state index in [1.165, 1.54) is 0 Å². The van der Waals surface area contributed by atoms with Gasteiger partial charge in [-0.15, -0.1) is 0 Å². The SMILES string of the molecule is O=C(OCc1ccccc1)N1CC[C@]2(CCNC2=O)C1. The van der Waals surface area contributed by atoms with Gasteiger partial charge >= 0.3 is 6.09 Å². The zero-order valence-corrected chi connectivity index (χ0v) is 11.3. The van der Waals surface area contributed by atoms with Crippen molar-refractivity contribution in [1.82, 2.24) is 10.2 Å². The maximum atomic E-state index is 12.0. The molecule has 0 unspecified atom stereocenters. The molecule has 2 fully saturated rings. The minimum atomic E-state index is -0.369. The number of benzene rings is 1. The molecule has 20 heavy (non-hydrogen) atoms. The van der Waals surface area contributed by atoms with Crippen LogP contribution in [0.4, 0.5) is 4.79 Å². The Morgan fingerprint density at radius 3 is 2.80 bits per heavy atom. The van der Waals surface area contributed by atoms with Crippen LogP contribution in [0.15, 0.2) is 30.3 Å². The minimum Gasteiger partial charge on any atom is -0.445 e. The van der Waals surface area contributed by atoms with Crippen LogP contribution in [0.5, 0.6) is 0 Å². The molecule has 2 saturated heterocycles. The van der Waals surface area contributed by atoms with Crippen LogP contribution in [0.2, 0.25) is 0 Å². The predicted octanol–water partition coefficient (Wildman–Crippen LogP) is 1.54. The summed E-state index contributed by atoms with van der Waals surface area (Å²) in [5.41, 5.74) is 0.597. The molecule has 2 amide bonds. The van der Waals surface area contributed by atoms with Gasteiger partial charge in [-0.3, -0.25) is 4.79 Å². The highest BCUT2D eigenvalue weighted by molar-refractivity contribution is 5.86. The second-order valence-electron chi connectivity index (χ2n) is 5.50. The summed E-state index contributed by atoms with van der Waals surface area (Å²) in [4.78, 5) is 25.5. The van der Waals surface area contributed by atoms with Gasteiger partial charge in [-0.05, 0) is 18.4 Å². The average molecular weight is 274 g/mol.